The van der Waals surface area contributed by atoms with Gasteiger partial charge in [-0.1, -0.05) is 78.9 Å². The van der Waals surface area contributed by atoms with Crippen molar-refractivity contribution in [2.45, 2.75) is 13.2 Å². The third-order valence-electron chi connectivity index (χ3n) is 6.31. The number of fused-ring (bicyclic) bond motifs is 3. The van der Waals surface area contributed by atoms with Gasteiger partial charge in [0.15, 0.2) is 11.5 Å². The van der Waals surface area contributed by atoms with E-state index < -0.39 is 0 Å². The van der Waals surface area contributed by atoms with Gasteiger partial charge in [0.1, 0.15) is 0 Å². The first-order valence-electron chi connectivity index (χ1n) is 11.5. The predicted molar refractivity (Wildman–Crippen MR) is 138 cm³/mol. The van der Waals surface area contributed by atoms with Gasteiger partial charge in [-0.25, -0.2) is 4.98 Å². The average molecular weight is 458 g/mol. The summed E-state index contributed by atoms with van der Waals surface area (Å²) in [6, 6.07) is 30.4. The van der Waals surface area contributed by atoms with E-state index in [1.165, 1.54) is 0 Å². The van der Waals surface area contributed by atoms with E-state index in [0.717, 1.165) is 61.4 Å². The highest BCUT2D eigenvalue weighted by atomic mass is 16.3. The van der Waals surface area contributed by atoms with Crippen LogP contribution in [0.1, 0.15) is 11.1 Å². The lowest BCUT2D eigenvalue weighted by molar-refractivity contribution is 0.282. The summed E-state index contributed by atoms with van der Waals surface area (Å²) < 4.78 is 1.99. The fraction of sp³-hybridized carbons (Fsp3) is 0.0690. The van der Waals surface area contributed by atoms with Crippen LogP contribution >= 0.6 is 0 Å². The minimum atomic E-state index is 0.0106. The molecule has 3 aromatic carbocycles. The molecular weight excluding hydrogens is 434 g/mol. The summed E-state index contributed by atoms with van der Waals surface area (Å²) in [6.45, 7) is 0.517. The molecule has 35 heavy (non-hydrogen) atoms. The van der Waals surface area contributed by atoms with Crippen molar-refractivity contribution < 1.29 is 5.11 Å². The normalized spacial score (nSPS) is 11.4. The van der Waals surface area contributed by atoms with Crippen molar-refractivity contribution in [3.8, 4) is 33.8 Å². The van der Waals surface area contributed by atoms with Crippen molar-refractivity contribution in [1.29, 1.82) is 0 Å². The summed E-state index contributed by atoms with van der Waals surface area (Å²) in [5.74, 6) is 0.745. The van der Waals surface area contributed by atoms with E-state index in [4.69, 9.17) is 10.7 Å². The molecule has 6 aromatic rings. The fourth-order valence-electron chi connectivity index (χ4n) is 4.41. The Bertz CT molecular complexity index is 1640. The molecule has 0 bridgehead atoms. The third-order valence-corrected chi connectivity index (χ3v) is 6.31. The molecule has 6 heteroatoms. The molecule has 6 nitrogen and oxygen atoms in total. The van der Waals surface area contributed by atoms with Crippen LogP contribution in [0.15, 0.2) is 97.2 Å². The van der Waals surface area contributed by atoms with Crippen LogP contribution < -0.4 is 5.73 Å². The molecular formula is C29H23N5O. The van der Waals surface area contributed by atoms with Crippen LogP contribution in [0.3, 0.4) is 0 Å². The smallest absolute Gasteiger partial charge is 0.170 e. The Morgan fingerprint density at radius 3 is 2.17 bits per heavy atom. The van der Waals surface area contributed by atoms with E-state index in [9.17, 15) is 5.11 Å². The largest absolute Gasteiger partial charge is 0.392 e. The van der Waals surface area contributed by atoms with Gasteiger partial charge in [0, 0.05) is 34.8 Å². The van der Waals surface area contributed by atoms with Gasteiger partial charge in [-0.05, 0) is 28.8 Å². The Morgan fingerprint density at radius 1 is 0.743 bits per heavy atom. The Morgan fingerprint density at radius 2 is 1.46 bits per heavy atom. The van der Waals surface area contributed by atoms with Crippen molar-refractivity contribution in [1.82, 2.24) is 19.6 Å². The lowest BCUT2D eigenvalue weighted by Crippen LogP contribution is -1.97. The van der Waals surface area contributed by atoms with E-state index in [1.54, 1.807) is 0 Å². The molecule has 0 fully saturated rings. The topological polar surface area (TPSA) is 89.3 Å². The molecule has 0 radical (unpaired) electrons. The van der Waals surface area contributed by atoms with Crippen LogP contribution in [0.5, 0.6) is 0 Å². The number of nitrogens with zero attached hydrogens (tertiary/aromatic N) is 4. The van der Waals surface area contributed by atoms with Crippen LogP contribution in [0.4, 0.5) is 0 Å². The van der Waals surface area contributed by atoms with Gasteiger partial charge in [0.2, 0.25) is 0 Å². The van der Waals surface area contributed by atoms with Gasteiger partial charge in [-0.15, -0.1) is 10.2 Å². The summed E-state index contributed by atoms with van der Waals surface area (Å²) in [6.07, 6.45) is 1.96. The van der Waals surface area contributed by atoms with Crippen molar-refractivity contribution in [3.63, 3.8) is 0 Å². The molecule has 0 atom stereocenters. The molecule has 0 saturated heterocycles. The van der Waals surface area contributed by atoms with Crippen molar-refractivity contribution in [3.05, 3.63) is 108 Å². The number of aliphatic hydroxyl groups excluding tert-OH is 1. The lowest BCUT2D eigenvalue weighted by Gasteiger charge is -2.13. The molecule has 3 aromatic heterocycles. The maximum absolute atomic E-state index is 9.35. The van der Waals surface area contributed by atoms with Crippen LogP contribution in [0.25, 0.3) is 50.3 Å². The summed E-state index contributed by atoms with van der Waals surface area (Å²) in [7, 11) is 0. The zero-order valence-corrected chi connectivity index (χ0v) is 19.0. The first-order chi connectivity index (χ1) is 17.2. The highest BCUT2D eigenvalue weighted by molar-refractivity contribution is 5.98. The highest BCUT2D eigenvalue weighted by Gasteiger charge is 2.16. The number of rotatable bonds is 5. The van der Waals surface area contributed by atoms with Crippen LogP contribution in [0.2, 0.25) is 0 Å². The van der Waals surface area contributed by atoms with Crippen molar-refractivity contribution >= 4 is 16.6 Å². The van der Waals surface area contributed by atoms with Gasteiger partial charge in [-0.3, -0.25) is 4.40 Å². The Kier molecular flexibility index (Phi) is 5.29. The van der Waals surface area contributed by atoms with Gasteiger partial charge < -0.3 is 10.8 Å². The molecule has 6 rings (SSSR count). The van der Waals surface area contributed by atoms with Crippen molar-refractivity contribution in [2.24, 2.45) is 5.73 Å². The molecule has 170 valence electrons. The first-order valence-corrected chi connectivity index (χ1v) is 11.5. The average Bonchev–Trinajstić information content (AvgIpc) is 3.37. The maximum atomic E-state index is 9.35. The van der Waals surface area contributed by atoms with E-state index in [0.29, 0.717) is 6.54 Å². The Hall–Kier alpha value is -4.39. The summed E-state index contributed by atoms with van der Waals surface area (Å²) in [5.41, 5.74) is 14.3. The second-order valence-electron chi connectivity index (χ2n) is 8.47. The first kappa shape index (κ1) is 21.2. The highest BCUT2D eigenvalue weighted by Crippen LogP contribution is 2.35. The SMILES string of the molecule is NCc1ccc(-c2nc3ccn4c(-c5ccc(CO)cc5)nnc4c3cc2-c2ccccc2)cc1. The standard InChI is InChI=1S/C29H23N5O/c30-17-19-6-10-22(11-7-19)27-24(21-4-2-1-3-5-21)16-25-26(31-27)14-15-34-28(32-33-29(25)34)23-12-8-20(18-35)9-13-23/h1-16,35H,17-18,30H2. The van der Waals surface area contributed by atoms with Gasteiger partial charge in [0.25, 0.3) is 0 Å². The summed E-state index contributed by atoms with van der Waals surface area (Å²) >= 11 is 0. The number of hydrogen-bond donors (Lipinski definition) is 2. The number of hydrogen-bond acceptors (Lipinski definition) is 5. The second kappa shape index (κ2) is 8.76. The zero-order valence-electron chi connectivity index (χ0n) is 19.0. The molecule has 3 heterocycles. The van der Waals surface area contributed by atoms with E-state index >= 15 is 0 Å². The van der Waals surface area contributed by atoms with Gasteiger partial charge in [-0.2, -0.15) is 0 Å². The number of pyridine rings is 2. The monoisotopic (exact) mass is 457 g/mol. The molecule has 0 amide bonds. The van der Waals surface area contributed by atoms with E-state index in [-0.39, 0.29) is 6.61 Å². The van der Waals surface area contributed by atoms with E-state index in [2.05, 4.69) is 40.5 Å². The van der Waals surface area contributed by atoms with Crippen molar-refractivity contribution in [2.75, 3.05) is 0 Å². The Balaban J connectivity index is 1.57. The van der Waals surface area contributed by atoms with Crippen LogP contribution in [-0.2, 0) is 13.2 Å². The second-order valence-corrected chi connectivity index (χ2v) is 8.47. The summed E-state index contributed by atoms with van der Waals surface area (Å²) in [4.78, 5) is 5.09. The minimum Gasteiger partial charge on any atom is -0.392 e. The molecule has 0 aliphatic heterocycles. The minimum absolute atomic E-state index is 0.0106. The van der Waals surface area contributed by atoms with Gasteiger partial charge >= 0.3 is 0 Å². The summed E-state index contributed by atoms with van der Waals surface area (Å²) in [5, 5.41) is 19.3. The third kappa shape index (κ3) is 3.75. The fourth-order valence-corrected chi connectivity index (χ4v) is 4.41. The molecule has 0 unspecified atom stereocenters. The number of aliphatic hydroxyl groups is 1. The molecule has 0 aliphatic rings. The quantitative estimate of drug-likeness (QED) is 0.370. The predicted octanol–water partition coefficient (Wildman–Crippen LogP) is 5.23. The zero-order chi connectivity index (χ0) is 23.8. The Labute approximate surface area is 202 Å². The number of aromatic nitrogens is 4. The lowest BCUT2D eigenvalue weighted by atomic mass is 9.97. The molecule has 0 spiro atoms. The number of benzene rings is 3. The van der Waals surface area contributed by atoms with Gasteiger partial charge in [0.05, 0.1) is 17.8 Å². The molecule has 0 saturated carbocycles. The van der Waals surface area contributed by atoms with Crippen LogP contribution in [0, 0.1) is 0 Å². The van der Waals surface area contributed by atoms with E-state index in [1.807, 2.05) is 71.3 Å². The number of nitrogens with two attached hydrogens (primary N) is 1. The molecule has 3 N–H and O–H groups in total. The maximum Gasteiger partial charge on any atom is 0.170 e. The van der Waals surface area contributed by atoms with Crippen LogP contribution in [-0.4, -0.2) is 24.7 Å². The molecule has 0 aliphatic carbocycles.